The molecule has 1 unspecified atom stereocenters. The van der Waals surface area contributed by atoms with E-state index in [1.54, 1.807) is 12.3 Å². The van der Waals surface area contributed by atoms with Gasteiger partial charge in [0.1, 0.15) is 5.82 Å². The lowest BCUT2D eigenvalue weighted by Crippen LogP contribution is -2.33. The van der Waals surface area contributed by atoms with Gasteiger partial charge in [0, 0.05) is 23.4 Å². The van der Waals surface area contributed by atoms with Crippen LogP contribution >= 0.6 is 0 Å². The van der Waals surface area contributed by atoms with Gasteiger partial charge in [-0.1, -0.05) is 13.8 Å². The summed E-state index contributed by atoms with van der Waals surface area (Å²) in [6, 6.07) is 1.57. The number of nitrogens with zero attached hydrogens (tertiary/aromatic N) is 1. The van der Waals surface area contributed by atoms with Gasteiger partial charge in [-0.15, -0.1) is 0 Å². The van der Waals surface area contributed by atoms with Crippen molar-refractivity contribution >= 4 is 0 Å². The zero-order valence-corrected chi connectivity index (χ0v) is 11.7. The average molecular weight is 251 g/mol. The zero-order valence-electron chi connectivity index (χ0n) is 11.7. The lowest BCUT2D eigenvalue weighted by Gasteiger charge is -2.35. The molecule has 1 aliphatic heterocycles. The maximum atomic E-state index is 14.1. The lowest BCUT2D eigenvalue weighted by atomic mass is 9.87. The molecule has 0 radical (unpaired) electrons. The molecule has 2 rings (SSSR count). The van der Waals surface area contributed by atoms with E-state index in [9.17, 15) is 4.39 Å². The number of rotatable bonds is 2. The van der Waals surface area contributed by atoms with Crippen LogP contribution in [0.3, 0.4) is 0 Å². The first-order valence-electron chi connectivity index (χ1n) is 6.68. The minimum absolute atomic E-state index is 0.0712. The highest BCUT2D eigenvalue weighted by molar-refractivity contribution is 5.22. The Kier molecular flexibility index (Phi) is 3.71. The van der Waals surface area contributed by atoms with Crippen LogP contribution in [0.1, 0.15) is 63.6 Å². The molecule has 0 aromatic carbocycles. The summed E-state index contributed by atoms with van der Waals surface area (Å²) in [6.45, 7) is 8.80. The van der Waals surface area contributed by atoms with Gasteiger partial charge in [0.15, 0.2) is 0 Å². The summed E-state index contributed by atoms with van der Waals surface area (Å²) in [5, 5.41) is 0. The molecule has 18 heavy (non-hydrogen) atoms. The largest absolute Gasteiger partial charge is 0.375 e. The summed E-state index contributed by atoms with van der Waals surface area (Å²) in [6.07, 6.45) is 3.62. The van der Waals surface area contributed by atoms with Crippen molar-refractivity contribution in [2.75, 3.05) is 6.61 Å². The van der Waals surface area contributed by atoms with Gasteiger partial charge in [-0.25, -0.2) is 4.39 Å². The molecule has 1 aromatic heterocycles. The van der Waals surface area contributed by atoms with Gasteiger partial charge in [0.2, 0.25) is 0 Å². The van der Waals surface area contributed by atoms with Crippen molar-refractivity contribution in [1.29, 1.82) is 0 Å². The smallest absolute Gasteiger partial charge is 0.130 e. The second-order valence-corrected chi connectivity index (χ2v) is 6.09. The fourth-order valence-corrected chi connectivity index (χ4v) is 2.32. The molecule has 1 fully saturated rings. The first-order valence-corrected chi connectivity index (χ1v) is 6.68. The number of hydrogen-bond acceptors (Lipinski definition) is 2. The molecule has 0 saturated carbocycles. The summed E-state index contributed by atoms with van der Waals surface area (Å²) < 4.78 is 19.9. The number of halogens is 1. The second-order valence-electron chi connectivity index (χ2n) is 6.09. The average Bonchev–Trinajstić information content (AvgIpc) is 2.29. The van der Waals surface area contributed by atoms with Gasteiger partial charge >= 0.3 is 0 Å². The molecule has 0 spiro atoms. The molecule has 0 N–H and O–H groups in total. The van der Waals surface area contributed by atoms with E-state index in [1.165, 1.54) is 0 Å². The van der Waals surface area contributed by atoms with Crippen LogP contribution < -0.4 is 0 Å². The van der Waals surface area contributed by atoms with Crippen LogP contribution in [0.5, 0.6) is 0 Å². The molecule has 1 saturated heterocycles. The summed E-state index contributed by atoms with van der Waals surface area (Å²) in [5.41, 5.74) is 1.45. The molecule has 0 aliphatic carbocycles. The van der Waals surface area contributed by atoms with Gasteiger partial charge in [0.05, 0.1) is 12.2 Å². The zero-order chi connectivity index (χ0) is 13.3. The molecule has 1 aromatic rings. The van der Waals surface area contributed by atoms with Crippen LogP contribution in [0, 0.1) is 5.82 Å². The summed E-state index contributed by atoms with van der Waals surface area (Å²) >= 11 is 0. The van der Waals surface area contributed by atoms with E-state index in [2.05, 4.69) is 18.8 Å². The van der Waals surface area contributed by atoms with Gasteiger partial charge in [0.25, 0.3) is 0 Å². The quantitative estimate of drug-likeness (QED) is 0.792. The predicted molar refractivity (Wildman–Crippen MR) is 70.3 cm³/mol. The molecule has 0 bridgehead atoms. The minimum atomic E-state index is -0.137. The monoisotopic (exact) mass is 251 g/mol. The van der Waals surface area contributed by atoms with Crippen LogP contribution in [0.4, 0.5) is 4.39 Å². The van der Waals surface area contributed by atoms with Gasteiger partial charge in [-0.2, -0.15) is 0 Å². The summed E-state index contributed by atoms with van der Waals surface area (Å²) in [5.74, 6) is 0.267. The van der Waals surface area contributed by atoms with Crippen LogP contribution in [-0.4, -0.2) is 17.2 Å². The van der Waals surface area contributed by atoms with Crippen molar-refractivity contribution in [2.24, 2.45) is 0 Å². The Morgan fingerprint density at radius 2 is 2.17 bits per heavy atom. The normalized spacial score (nSPS) is 23.3. The fraction of sp³-hybridized carbons (Fsp3) is 0.667. The number of hydrogen-bond donors (Lipinski definition) is 0. The third-order valence-electron chi connectivity index (χ3n) is 3.70. The Morgan fingerprint density at radius 1 is 1.44 bits per heavy atom. The molecule has 1 atom stereocenters. The van der Waals surface area contributed by atoms with Gasteiger partial charge in [-0.05, 0) is 38.7 Å². The SMILES string of the molecule is CC(C)c1cc(F)c(C2CCC(C)(C)OC2)cn1. The molecule has 3 heteroatoms. The number of pyridine rings is 1. The van der Waals surface area contributed by atoms with Crippen molar-refractivity contribution in [3.63, 3.8) is 0 Å². The Labute approximate surface area is 109 Å². The van der Waals surface area contributed by atoms with Gasteiger partial charge < -0.3 is 4.74 Å². The number of aromatic nitrogens is 1. The molecule has 2 nitrogen and oxygen atoms in total. The van der Waals surface area contributed by atoms with E-state index in [0.717, 1.165) is 18.5 Å². The van der Waals surface area contributed by atoms with Crippen molar-refractivity contribution in [3.05, 3.63) is 29.3 Å². The molecule has 100 valence electrons. The van der Waals surface area contributed by atoms with Crippen molar-refractivity contribution in [2.45, 2.75) is 58.0 Å². The van der Waals surface area contributed by atoms with E-state index in [1.807, 2.05) is 13.8 Å². The summed E-state index contributed by atoms with van der Waals surface area (Å²) in [4.78, 5) is 4.36. The highest BCUT2D eigenvalue weighted by Gasteiger charge is 2.29. The third kappa shape index (κ3) is 2.89. The van der Waals surface area contributed by atoms with Crippen molar-refractivity contribution in [1.82, 2.24) is 4.98 Å². The number of ether oxygens (including phenoxy) is 1. The highest BCUT2D eigenvalue weighted by Crippen LogP contribution is 2.34. The highest BCUT2D eigenvalue weighted by atomic mass is 19.1. The maximum absolute atomic E-state index is 14.1. The van der Waals surface area contributed by atoms with Crippen LogP contribution in [-0.2, 0) is 4.74 Å². The molecule has 2 heterocycles. The topological polar surface area (TPSA) is 22.1 Å². The van der Waals surface area contributed by atoms with Crippen LogP contribution in [0.25, 0.3) is 0 Å². The van der Waals surface area contributed by atoms with Crippen molar-refractivity contribution < 1.29 is 9.13 Å². The molecule has 1 aliphatic rings. The third-order valence-corrected chi connectivity index (χ3v) is 3.70. The Morgan fingerprint density at radius 3 is 2.67 bits per heavy atom. The van der Waals surface area contributed by atoms with E-state index in [4.69, 9.17) is 4.74 Å². The Balaban J connectivity index is 2.15. The van der Waals surface area contributed by atoms with E-state index in [0.29, 0.717) is 12.2 Å². The lowest BCUT2D eigenvalue weighted by molar-refractivity contribution is -0.0615. The first-order chi connectivity index (χ1) is 8.39. The Bertz CT molecular complexity index is 419. The predicted octanol–water partition coefficient (Wildman–Crippen LogP) is 4.02. The standard InChI is InChI=1S/C15H22FNO/c1-10(2)14-7-13(16)12(8-17-14)11-5-6-15(3,4)18-9-11/h7-8,10-11H,5-6,9H2,1-4H3. The maximum Gasteiger partial charge on any atom is 0.130 e. The fourth-order valence-electron chi connectivity index (χ4n) is 2.32. The minimum Gasteiger partial charge on any atom is -0.375 e. The summed E-state index contributed by atoms with van der Waals surface area (Å²) in [7, 11) is 0. The van der Waals surface area contributed by atoms with E-state index in [-0.39, 0.29) is 23.3 Å². The van der Waals surface area contributed by atoms with Crippen molar-refractivity contribution in [3.8, 4) is 0 Å². The van der Waals surface area contributed by atoms with E-state index < -0.39 is 0 Å². The van der Waals surface area contributed by atoms with Gasteiger partial charge in [-0.3, -0.25) is 4.98 Å². The molecular weight excluding hydrogens is 229 g/mol. The second kappa shape index (κ2) is 4.96. The first kappa shape index (κ1) is 13.5. The molecular formula is C15H22FNO. The Hall–Kier alpha value is -0.960. The van der Waals surface area contributed by atoms with E-state index >= 15 is 0 Å². The van der Waals surface area contributed by atoms with Crippen LogP contribution in [0.2, 0.25) is 0 Å². The van der Waals surface area contributed by atoms with Crippen LogP contribution in [0.15, 0.2) is 12.3 Å². The molecule has 0 amide bonds.